The number of aromatic nitrogens is 2. The zero-order valence-corrected chi connectivity index (χ0v) is 36.7. The van der Waals surface area contributed by atoms with Gasteiger partial charge in [-0.05, 0) is 76.9 Å². The van der Waals surface area contributed by atoms with Crippen LogP contribution in [0.15, 0.2) is 48.7 Å². The first-order valence-corrected chi connectivity index (χ1v) is 21.5. The van der Waals surface area contributed by atoms with Crippen LogP contribution in [0.25, 0.3) is 33.2 Å². The highest BCUT2D eigenvalue weighted by Gasteiger charge is 2.45. The Bertz CT molecular complexity index is 2360. The number of benzene rings is 3. The molecule has 0 spiro atoms. The van der Waals surface area contributed by atoms with Crippen molar-refractivity contribution in [1.82, 2.24) is 30.4 Å². The Morgan fingerprint density at radius 3 is 2.24 bits per heavy atom. The lowest BCUT2D eigenvalue weighted by Gasteiger charge is -2.33. The smallest absolute Gasteiger partial charge is 0.407 e. The van der Waals surface area contributed by atoms with E-state index in [0.29, 0.717) is 32.1 Å². The fraction of sp³-hybridized carbons (Fsp3) is 0.500. The van der Waals surface area contributed by atoms with Crippen LogP contribution in [0.5, 0.6) is 5.75 Å². The lowest BCUT2D eigenvalue weighted by Crippen LogP contribution is -2.56. The van der Waals surface area contributed by atoms with Crippen molar-refractivity contribution in [3.8, 4) is 28.1 Å². The van der Waals surface area contributed by atoms with Gasteiger partial charge in [0.1, 0.15) is 36.4 Å². The minimum Gasteiger partial charge on any atom is -0.488 e. The van der Waals surface area contributed by atoms with Crippen molar-refractivity contribution < 1.29 is 38.1 Å². The number of nitrogens with one attached hydrogen (secondary N) is 5. The van der Waals surface area contributed by atoms with Gasteiger partial charge in [0.2, 0.25) is 11.8 Å². The molecule has 4 amide bonds. The standard InChI is InChI=1S/C46H58N8O8/c1-23(2)38(51-45(57)60-7)43(55)53-19-25(5)13-35(53)41-47-18-34(49-41)28-9-11-30-29(15-28)22-62-37-17-31-27(16-32(30)37)10-12-33-40(31)50-42(48-33)36-14-26(21-59-6)20-54(36)44(56)39(24(3)4)52-46(58)61-8/h9-12,15-18,23-26,35-36,38-39,42,48,50H,13-14,19-22H2,1-8H3,(H,47,49)(H,51,57)(H,52,58)/t25-,26-,35-,36-,38-,39-,42?/m0/s1. The van der Waals surface area contributed by atoms with Gasteiger partial charge in [0.15, 0.2) is 0 Å². The van der Waals surface area contributed by atoms with Gasteiger partial charge in [0, 0.05) is 37.1 Å². The van der Waals surface area contributed by atoms with Gasteiger partial charge in [-0.25, -0.2) is 14.6 Å². The normalized spacial score (nSPS) is 22.3. The van der Waals surface area contributed by atoms with Crippen LogP contribution in [0.2, 0.25) is 0 Å². The number of carbonyl (C=O) groups is 4. The van der Waals surface area contributed by atoms with Gasteiger partial charge in [-0.1, -0.05) is 52.8 Å². The molecule has 1 aromatic heterocycles. The molecule has 2 saturated heterocycles. The third kappa shape index (κ3) is 8.07. The zero-order chi connectivity index (χ0) is 44.0. The van der Waals surface area contributed by atoms with E-state index < -0.39 is 24.3 Å². The summed E-state index contributed by atoms with van der Waals surface area (Å²) in [6.07, 6.45) is 1.75. The van der Waals surface area contributed by atoms with Crippen molar-refractivity contribution in [3.63, 3.8) is 0 Å². The predicted molar refractivity (Wildman–Crippen MR) is 234 cm³/mol. The molecule has 5 N–H and O–H groups in total. The Kier molecular flexibility index (Phi) is 12.0. The summed E-state index contributed by atoms with van der Waals surface area (Å²) in [5, 5.41) is 14.9. The Hall–Kier alpha value is -6.03. The number of hydrogen-bond donors (Lipinski definition) is 5. The maximum atomic E-state index is 14.1. The molecule has 0 saturated carbocycles. The summed E-state index contributed by atoms with van der Waals surface area (Å²) in [7, 11) is 4.26. The number of nitrogens with zero attached hydrogens (tertiary/aromatic N) is 3. The van der Waals surface area contributed by atoms with Crippen LogP contribution >= 0.6 is 0 Å². The van der Waals surface area contributed by atoms with Gasteiger partial charge < -0.3 is 55.0 Å². The molecule has 2 fully saturated rings. The van der Waals surface area contributed by atoms with Crippen LogP contribution in [0.3, 0.4) is 0 Å². The monoisotopic (exact) mass is 850 g/mol. The summed E-state index contributed by atoms with van der Waals surface area (Å²) in [5.74, 6) is 1.32. The number of H-pyrrole nitrogens is 1. The Labute approximate surface area is 361 Å². The number of amides is 4. The average Bonchev–Trinajstić information content (AvgIpc) is 4.09. The van der Waals surface area contributed by atoms with Crippen molar-refractivity contribution >= 4 is 46.1 Å². The highest BCUT2D eigenvalue weighted by atomic mass is 16.5. The third-order valence-electron chi connectivity index (χ3n) is 12.8. The van der Waals surface area contributed by atoms with Crippen molar-refractivity contribution in [2.45, 2.75) is 84.4 Å². The van der Waals surface area contributed by atoms with Crippen LogP contribution in [0.1, 0.15) is 64.9 Å². The van der Waals surface area contributed by atoms with E-state index in [2.05, 4.69) is 75.6 Å². The summed E-state index contributed by atoms with van der Waals surface area (Å²) < 4.78 is 21.6. The summed E-state index contributed by atoms with van der Waals surface area (Å²) >= 11 is 0. The molecular weight excluding hydrogens is 793 g/mol. The van der Waals surface area contributed by atoms with Crippen molar-refractivity contribution in [3.05, 3.63) is 60.0 Å². The van der Waals surface area contributed by atoms with Crippen LogP contribution < -0.4 is 26.0 Å². The lowest BCUT2D eigenvalue weighted by atomic mass is 9.92. The number of hydrogen-bond acceptors (Lipinski definition) is 11. The zero-order valence-electron chi connectivity index (χ0n) is 36.7. The predicted octanol–water partition coefficient (Wildman–Crippen LogP) is 6.49. The number of alkyl carbamates (subject to hydrolysis) is 2. The summed E-state index contributed by atoms with van der Waals surface area (Å²) in [6, 6.07) is 12.9. The Balaban J connectivity index is 1.02. The first kappa shape index (κ1) is 42.7. The van der Waals surface area contributed by atoms with Crippen molar-refractivity contribution in [2.24, 2.45) is 23.7 Å². The van der Waals surface area contributed by atoms with E-state index in [1.54, 1.807) is 7.11 Å². The quantitative estimate of drug-likeness (QED) is 0.111. The molecule has 16 nitrogen and oxygen atoms in total. The second kappa shape index (κ2) is 17.4. The van der Waals surface area contributed by atoms with Gasteiger partial charge in [-0.3, -0.25) is 9.59 Å². The highest BCUT2D eigenvalue weighted by molar-refractivity contribution is 6.05. The number of imidazole rings is 1. The van der Waals surface area contributed by atoms with Gasteiger partial charge >= 0.3 is 12.2 Å². The number of rotatable bonds is 11. The maximum Gasteiger partial charge on any atom is 0.407 e. The average molecular weight is 851 g/mol. The van der Waals surface area contributed by atoms with Crippen LogP contribution in [-0.4, -0.2) is 109 Å². The molecular formula is C46H58N8O8. The summed E-state index contributed by atoms with van der Waals surface area (Å²) in [6.45, 7) is 11.7. The van der Waals surface area contributed by atoms with E-state index in [1.165, 1.54) is 14.2 Å². The van der Waals surface area contributed by atoms with E-state index in [9.17, 15) is 19.2 Å². The molecule has 62 heavy (non-hydrogen) atoms. The lowest BCUT2D eigenvalue weighted by molar-refractivity contribution is -0.136. The van der Waals surface area contributed by atoms with E-state index in [0.717, 1.165) is 68.7 Å². The van der Waals surface area contributed by atoms with Gasteiger partial charge in [0.05, 0.1) is 56.2 Å². The number of ether oxygens (including phenoxy) is 4. The van der Waals surface area contributed by atoms with E-state index in [4.69, 9.17) is 23.9 Å². The Morgan fingerprint density at radius 1 is 0.855 bits per heavy atom. The molecule has 16 heteroatoms. The van der Waals surface area contributed by atoms with Gasteiger partial charge in [-0.2, -0.15) is 0 Å². The molecule has 0 aliphatic carbocycles. The molecule has 4 aliphatic rings. The van der Waals surface area contributed by atoms with E-state index >= 15 is 0 Å². The first-order valence-electron chi connectivity index (χ1n) is 21.5. The molecule has 0 radical (unpaired) electrons. The SMILES string of the molecule is COC[C@H]1C[C@@H](C2Nc3ccc4cc5c(cc4c3N2)OCc2cc(-c3cnc([C@@H]4C[C@H](C)CN4C(=O)[C@@H](NC(=O)OC)C(C)C)[nH]3)ccc2-5)N(C(=O)[C@@H](NC(=O)OC)C(C)C)C1. The summed E-state index contributed by atoms with van der Waals surface area (Å²) in [4.78, 5) is 64.2. The molecule has 1 unspecified atom stereocenters. The largest absolute Gasteiger partial charge is 0.488 e. The number of methoxy groups -OCH3 is 3. The van der Waals surface area contributed by atoms with Gasteiger partial charge in [-0.15, -0.1) is 0 Å². The topological polar surface area (TPSA) is 188 Å². The molecule has 330 valence electrons. The molecule has 3 aromatic carbocycles. The number of carbonyl (C=O) groups excluding carboxylic acids is 4. The minimum atomic E-state index is -0.735. The molecule has 0 bridgehead atoms. The third-order valence-corrected chi connectivity index (χ3v) is 12.8. The highest BCUT2D eigenvalue weighted by Crippen LogP contribution is 2.46. The number of anilines is 2. The van der Waals surface area contributed by atoms with Crippen molar-refractivity contribution in [2.75, 3.05) is 51.7 Å². The molecule has 4 aliphatic heterocycles. The maximum absolute atomic E-state index is 14.1. The second-order valence-corrected chi connectivity index (χ2v) is 17.8. The van der Waals surface area contributed by atoms with Gasteiger partial charge in [0.25, 0.3) is 0 Å². The van der Waals surface area contributed by atoms with Crippen LogP contribution in [-0.2, 0) is 30.4 Å². The fourth-order valence-corrected chi connectivity index (χ4v) is 9.65. The molecule has 7 atom stereocenters. The number of likely N-dealkylation sites (tertiary alicyclic amines) is 2. The first-order chi connectivity index (χ1) is 29.8. The minimum absolute atomic E-state index is 0.128. The Morgan fingerprint density at radius 2 is 1.56 bits per heavy atom. The van der Waals surface area contributed by atoms with Crippen LogP contribution in [0, 0.1) is 23.7 Å². The van der Waals surface area contributed by atoms with Crippen molar-refractivity contribution in [1.29, 1.82) is 0 Å². The number of fused-ring (bicyclic) bond motifs is 6. The fourth-order valence-electron chi connectivity index (χ4n) is 9.65. The molecule has 4 aromatic rings. The summed E-state index contributed by atoms with van der Waals surface area (Å²) in [5.41, 5.74) is 6.82. The number of aromatic amines is 1. The van der Waals surface area contributed by atoms with Crippen LogP contribution in [0.4, 0.5) is 21.0 Å². The van der Waals surface area contributed by atoms with E-state index in [1.807, 2.05) is 43.7 Å². The van der Waals surface area contributed by atoms with E-state index in [-0.39, 0.29) is 53.7 Å². The molecule has 8 rings (SSSR count). The second-order valence-electron chi connectivity index (χ2n) is 17.8. The molecule has 5 heterocycles.